The molecule has 0 atom stereocenters. The van der Waals surface area contributed by atoms with E-state index in [4.69, 9.17) is 0 Å². The molecule has 1 aromatic carbocycles. The molecule has 104 valence electrons. The minimum absolute atomic E-state index is 0.00209. The van der Waals surface area contributed by atoms with Gasteiger partial charge in [-0.15, -0.1) is 0 Å². The molecule has 0 bridgehead atoms. The molecule has 0 saturated heterocycles. The zero-order valence-corrected chi connectivity index (χ0v) is 12.3. The van der Waals surface area contributed by atoms with Crippen LogP contribution in [0.2, 0.25) is 0 Å². The molecule has 1 aliphatic rings. The van der Waals surface area contributed by atoms with Crippen LogP contribution in [0.3, 0.4) is 0 Å². The molecule has 1 aromatic rings. The average molecular weight is 260 g/mol. The Labute approximate surface area is 115 Å². The van der Waals surface area contributed by atoms with Gasteiger partial charge in [-0.3, -0.25) is 4.79 Å². The van der Waals surface area contributed by atoms with E-state index in [1.807, 2.05) is 13.8 Å². The van der Waals surface area contributed by atoms with Gasteiger partial charge in [0, 0.05) is 6.42 Å². The van der Waals surface area contributed by atoms with E-state index < -0.39 is 5.60 Å². The van der Waals surface area contributed by atoms with Crippen molar-refractivity contribution in [2.45, 2.75) is 64.9 Å². The van der Waals surface area contributed by atoms with Crippen LogP contribution in [0.5, 0.6) is 0 Å². The van der Waals surface area contributed by atoms with Crippen LogP contribution in [0.1, 0.15) is 54.4 Å². The highest BCUT2D eigenvalue weighted by Crippen LogP contribution is 2.30. The van der Waals surface area contributed by atoms with Crippen molar-refractivity contribution in [2.24, 2.45) is 0 Å². The van der Waals surface area contributed by atoms with Gasteiger partial charge in [0.05, 0.1) is 0 Å². The van der Waals surface area contributed by atoms with E-state index >= 15 is 0 Å². The van der Waals surface area contributed by atoms with Gasteiger partial charge in [-0.1, -0.05) is 37.0 Å². The molecular weight excluding hydrogens is 236 g/mol. The Balaban J connectivity index is 2.19. The van der Waals surface area contributed by atoms with Crippen molar-refractivity contribution in [2.75, 3.05) is 0 Å². The van der Waals surface area contributed by atoms with Crippen molar-refractivity contribution in [1.82, 2.24) is 0 Å². The number of Topliss-reactive ketones (excluding diaryl/α,β-unsaturated/α-hetero) is 1. The minimum atomic E-state index is -1.07. The molecular formula is C17H24O2. The summed E-state index contributed by atoms with van der Waals surface area (Å²) in [5, 5.41) is 10.5. The first-order valence-corrected chi connectivity index (χ1v) is 7.25. The molecule has 1 fully saturated rings. The first-order valence-electron chi connectivity index (χ1n) is 7.25. The Morgan fingerprint density at radius 1 is 1.11 bits per heavy atom. The number of benzene rings is 1. The third-order valence-electron chi connectivity index (χ3n) is 4.38. The Morgan fingerprint density at radius 2 is 1.63 bits per heavy atom. The van der Waals surface area contributed by atoms with Crippen molar-refractivity contribution in [3.05, 3.63) is 34.4 Å². The highest BCUT2D eigenvalue weighted by atomic mass is 16.3. The normalized spacial score (nSPS) is 18.3. The van der Waals surface area contributed by atoms with Crippen LogP contribution in [-0.4, -0.2) is 16.5 Å². The van der Waals surface area contributed by atoms with E-state index in [9.17, 15) is 9.90 Å². The summed E-state index contributed by atoms with van der Waals surface area (Å²) in [5.74, 6) is 0.00209. The molecule has 2 rings (SSSR count). The van der Waals surface area contributed by atoms with E-state index in [0.717, 1.165) is 36.0 Å². The van der Waals surface area contributed by atoms with Crippen molar-refractivity contribution in [3.63, 3.8) is 0 Å². The molecule has 19 heavy (non-hydrogen) atoms. The molecule has 0 aliphatic heterocycles. The standard InChI is InChI=1S/C17H24O2/c1-12-9-13(2)15(14(3)10-12)11-16(18)17(19)7-5-4-6-8-17/h9-10,19H,4-8,11H2,1-3H3. The summed E-state index contributed by atoms with van der Waals surface area (Å²) in [4.78, 5) is 12.4. The van der Waals surface area contributed by atoms with E-state index in [2.05, 4.69) is 19.1 Å². The third kappa shape index (κ3) is 3.06. The number of hydrogen-bond acceptors (Lipinski definition) is 2. The fraction of sp³-hybridized carbons (Fsp3) is 0.588. The second-order valence-corrected chi connectivity index (χ2v) is 6.07. The summed E-state index contributed by atoms with van der Waals surface area (Å²) >= 11 is 0. The molecule has 0 unspecified atom stereocenters. The topological polar surface area (TPSA) is 37.3 Å². The molecule has 0 radical (unpaired) electrons. The predicted molar refractivity (Wildman–Crippen MR) is 77.4 cm³/mol. The third-order valence-corrected chi connectivity index (χ3v) is 4.38. The van der Waals surface area contributed by atoms with Crippen LogP contribution >= 0.6 is 0 Å². The number of hydrogen-bond donors (Lipinski definition) is 1. The lowest BCUT2D eigenvalue weighted by molar-refractivity contribution is -0.139. The van der Waals surface area contributed by atoms with Crippen molar-refractivity contribution in [3.8, 4) is 0 Å². The summed E-state index contributed by atoms with van der Waals surface area (Å²) in [7, 11) is 0. The number of rotatable bonds is 3. The smallest absolute Gasteiger partial charge is 0.168 e. The number of carbonyl (C=O) groups excluding carboxylic acids is 1. The second-order valence-electron chi connectivity index (χ2n) is 6.07. The van der Waals surface area contributed by atoms with E-state index in [1.165, 1.54) is 5.56 Å². The van der Waals surface area contributed by atoms with Crippen LogP contribution in [0.4, 0.5) is 0 Å². The largest absolute Gasteiger partial charge is 0.382 e. The lowest BCUT2D eigenvalue weighted by atomic mass is 9.79. The van der Waals surface area contributed by atoms with E-state index in [-0.39, 0.29) is 5.78 Å². The summed E-state index contributed by atoms with van der Waals surface area (Å²) in [6.45, 7) is 6.17. The van der Waals surface area contributed by atoms with Gasteiger partial charge in [-0.2, -0.15) is 0 Å². The zero-order chi connectivity index (χ0) is 14.0. The Hall–Kier alpha value is -1.15. The lowest BCUT2D eigenvalue weighted by Gasteiger charge is -2.31. The summed E-state index contributed by atoms with van der Waals surface area (Å²) in [6.07, 6.45) is 4.71. The lowest BCUT2D eigenvalue weighted by Crippen LogP contribution is -2.41. The quantitative estimate of drug-likeness (QED) is 0.904. The Bertz CT molecular complexity index is 459. The summed E-state index contributed by atoms with van der Waals surface area (Å²) in [5.41, 5.74) is 3.56. The van der Waals surface area contributed by atoms with Crippen molar-refractivity contribution >= 4 is 5.78 Å². The van der Waals surface area contributed by atoms with Crippen molar-refractivity contribution in [1.29, 1.82) is 0 Å². The minimum Gasteiger partial charge on any atom is -0.382 e. The van der Waals surface area contributed by atoms with Gasteiger partial charge in [0.15, 0.2) is 5.78 Å². The molecule has 0 aromatic heterocycles. The molecule has 2 heteroatoms. The van der Waals surface area contributed by atoms with Crippen LogP contribution < -0.4 is 0 Å². The molecule has 0 spiro atoms. The number of carbonyl (C=O) groups is 1. The highest BCUT2D eigenvalue weighted by Gasteiger charge is 2.36. The first-order chi connectivity index (χ1) is 8.92. The van der Waals surface area contributed by atoms with Crippen LogP contribution in [-0.2, 0) is 11.2 Å². The van der Waals surface area contributed by atoms with Gasteiger partial charge < -0.3 is 5.11 Å². The molecule has 1 saturated carbocycles. The zero-order valence-electron chi connectivity index (χ0n) is 12.3. The fourth-order valence-corrected chi connectivity index (χ4v) is 3.23. The van der Waals surface area contributed by atoms with Gasteiger partial charge in [0.1, 0.15) is 5.60 Å². The second kappa shape index (κ2) is 5.46. The summed E-state index contributed by atoms with van der Waals surface area (Å²) < 4.78 is 0. The monoisotopic (exact) mass is 260 g/mol. The van der Waals surface area contributed by atoms with E-state index in [0.29, 0.717) is 19.3 Å². The maximum atomic E-state index is 12.4. The van der Waals surface area contributed by atoms with Gasteiger partial charge in [0.2, 0.25) is 0 Å². The van der Waals surface area contributed by atoms with E-state index in [1.54, 1.807) is 0 Å². The van der Waals surface area contributed by atoms with Crippen molar-refractivity contribution < 1.29 is 9.90 Å². The molecule has 1 N–H and O–H groups in total. The van der Waals surface area contributed by atoms with Gasteiger partial charge in [-0.05, 0) is 50.3 Å². The number of aliphatic hydroxyl groups is 1. The van der Waals surface area contributed by atoms with Crippen LogP contribution in [0, 0.1) is 20.8 Å². The van der Waals surface area contributed by atoms with Gasteiger partial charge >= 0.3 is 0 Å². The molecule has 0 heterocycles. The fourth-order valence-electron chi connectivity index (χ4n) is 3.23. The van der Waals surface area contributed by atoms with Gasteiger partial charge in [-0.25, -0.2) is 0 Å². The SMILES string of the molecule is Cc1cc(C)c(CC(=O)C2(O)CCCCC2)c(C)c1. The Morgan fingerprint density at radius 3 is 2.16 bits per heavy atom. The average Bonchev–Trinajstić information content (AvgIpc) is 2.34. The van der Waals surface area contributed by atoms with Gasteiger partial charge in [0.25, 0.3) is 0 Å². The maximum Gasteiger partial charge on any atom is 0.168 e. The summed E-state index contributed by atoms with van der Waals surface area (Å²) in [6, 6.07) is 4.22. The van der Waals surface area contributed by atoms with Crippen LogP contribution in [0.15, 0.2) is 12.1 Å². The molecule has 1 aliphatic carbocycles. The molecule has 2 nitrogen and oxygen atoms in total. The number of ketones is 1. The Kier molecular flexibility index (Phi) is 4.10. The predicted octanol–water partition coefficient (Wildman–Crippen LogP) is 3.42. The highest BCUT2D eigenvalue weighted by molar-refractivity contribution is 5.89. The maximum absolute atomic E-state index is 12.4. The number of aryl methyl sites for hydroxylation is 3. The molecule has 0 amide bonds. The first kappa shape index (κ1) is 14.3. The van der Waals surface area contributed by atoms with Crippen LogP contribution in [0.25, 0.3) is 0 Å².